The van der Waals surface area contributed by atoms with Crippen molar-refractivity contribution in [2.24, 2.45) is 5.73 Å². The van der Waals surface area contributed by atoms with E-state index in [1.54, 1.807) is 0 Å². The third-order valence-corrected chi connectivity index (χ3v) is 3.68. The number of hydrogen-bond acceptors (Lipinski definition) is 3. The third-order valence-electron chi connectivity index (χ3n) is 3.68. The van der Waals surface area contributed by atoms with Gasteiger partial charge >= 0.3 is 0 Å². The number of likely N-dealkylation sites (tertiary alicyclic amines) is 1. The lowest BCUT2D eigenvalue weighted by Gasteiger charge is -2.32. The van der Waals surface area contributed by atoms with Crippen LogP contribution in [0.25, 0.3) is 0 Å². The minimum absolute atomic E-state index is 0.271. The highest BCUT2D eigenvalue weighted by molar-refractivity contribution is 5.78. The molecule has 0 aromatic heterocycles. The number of carbonyl (C=O) groups is 1. The van der Waals surface area contributed by atoms with Crippen LogP contribution in [0.2, 0.25) is 0 Å². The predicted octanol–water partition coefficient (Wildman–Crippen LogP) is 0.588. The first-order valence-electron chi connectivity index (χ1n) is 6.56. The van der Waals surface area contributed by atoms with Gasteiger partial charge < -0.3 is 10.6 Å². The largest absolute Gasteiger partial charge is 0.337 e. The van der Waals surface area contributed by atoms with Crippen LogP contribution in [0.4, 0.5) is 0 Å². The quantitative estimate of drug-likeness (QED) is 0.715. The van der Waals surface area contributed by atoms with Crippen molar-refractivity contribution < 1.29 is 4.79 Å². The van der Waals surface area contributed by atoms with E-state index in [4.69, 9.17) is 5.73 Å². The molecule has 2 rings (SSSR count). The molecule has 0 bridgehead atoms. The molecular formula is C13H23N3O. The van der Waals surface area contributed by atoms with Crippen molar-refractivity contribution in [1.29, 1.82) is 0 Å². The summed E-state index contributed by atoms with van der Waals surface area (Å²) >= 11 is 0. The van der Waals surface area contributed by atoms with E-state index in [1.807, 2.05) is 4.90 Å². The van der Waals surface area contributed by atoms with Gasteiger partial charge in [0.05, 0.1) is 6.54 Å². The topological polar surface area (TPSA) is 49.6 Å². The minimum Gasteiger partial charge on any atom is -0.337 e. The summed E-state index contributed by atoms with van der Waals surface area (Å²) in [6.07, 6.45) is 5.27. The molecule has 1 amide bonds. The Hall–Kier alpha value is -0.870. The van der Waals surface area contributed by atoms with E-state index in [0.717, 1.165) is 45.4 Å². The van der Waals surface area contributed by atoms with E-state index in [9.17, 15) is 4.79 Å². The maximum Gasteiger partial charge on any atom is 0.237 e. The molecule has 0 saturated carbocycles. The van der Waals surface area contributed by atoms with E-state index in [-0.39, 0.29) is 5.91 Å². The fourth-order valence-electron chi connectivity index (χ4n) is 2.53. The summed E-state index contributed by atoms with van der Waals surface area (Å²) in [5, 5.41) is 0. The Labute approximate surface area is 103 Å². The first-order valence-corrected chi connectivity index (χ1v) is 6.56. The van der Waals surface area contributed by atoms with Crippen molar-refractivity contribution in [3.63, 3.8) is 0 Å². The Morgan fingerprint density at radius 1 is 1.41 bits per heavy atom. The summed E-state index contributed by atoms with van der Waals surface area (Å²) in [7, 11) is 0. The Kier molecular flexibility index (Phi) is 4.18. The molecule has 1 fully saturated rings. The molecule has 0 aromatic rings. The highest BCUT2D eigenvalue weighted by Gasteiger charge is 2.22. The van der Waals surface area contributed by atoms with Gasteiger partial charge in [-0.05, 0) is 26.2 Å². The standard InChI is InChI=1S/C13H23N3O/c1-11-3-2-6-16(9-11)13(17)10-15-7-4-12(14)5-8-15/h3,12H,2,4-10,14H2,1H3. The molecule has 0 aliphatic carbocycles. The van der Waals surface area contributed by atoms with E-state index < -0.39 is 0 Å². The van der Waals surface area contributed by atoms with E-state index in [2.05, 4.69) is 17.9 Å². The summed E-state index contributed by atoms with van der Waals surface area (Å²) in [5.74, 6) is 0.271. The highest BCUT2D eigenvalue weighted by Crippen LogP contribution is 2.11. The van der Waals surface area contributed by atoms with Crippen molar-refractivity contribution in [3.05, 3.63) is 11.6 Å². The SMILES string of the molecule is CC1=CCCN(C(=O)CN2CCC(N)CC2)C1. The molecule has 2 aliphatic heterocycles. The molecule has 2 N–H and O–H groups in total. The molecule has 0 spiro atoms. The summed E-state index contributed by atoms with van der Waals surface area (Å²) in [4.78, 5) is 16.3. The van der Waals surface area contributed by atoms with Crippen LogP contribution in [0.5, 0.6) is 0 Å². The number of nitrogens with zero attached hydrogens (tertiary/aromatic N) is 2. The number of piperidine rings is 1. The second kappa shape index (κ2) is 5.65. The second-order valence-electron chi connectivity index (χ2n) is 5.27. The van der Waals surface area contributed by atoms with Crippen LogP contribution in [0.3, 0.4) is 0 Å². The zero-order chi connectivity index (χ0) is 12.3. The van der Waals surface area contributed by atoms with Gasteiger partial charge in [0.25, 0.3) is 0 Å². The Balaban J connectivity index is 1.79. The number of carbonyl (C=O) groups excluding carboxylic acids is 1. The lowest BCUT2D eigenvalue weighted by molar-refractivity contribution is -0.132. The van der Waals surface area contributed by atoms with E-state index in [0.29, 0.717) is 12.6 Å². The zero-order valence-electron chi connectivity index (χ0n) is 10.7. The average Bonchev–Trinajstić information content (AvgIpc) is 2.32. The van der Waals surface area contributed by atoms with Gasteiger partial charge in [-0.15, -0.1) is 0 Å². The second-order valence-corrected chi connectivity index (χ2v) is 5.27. The molecule has 0 aromatic carbocycles. The van der Waals surface area contributed by atoms with Gasteiger partial charge in [0.15, 0.2) is 0 Å². The number of rotatable bonds is 2. The molecule has 96 valence electrons. The molecule has 0 atom stereocenters. The molecule has 17 heavy (non-hydrogen) atoms. The van der Waals surface area contributed by atoms with Gasteiger partial charge in [0.2, 0.25) is 5.91 Å². The van der Waals surface area contributed by atoms with Crippen LogP contribution in [-0.4, -0.2) is 54.5 Å². The molecular weight excluding hydrogens is 214 g/mol. The van der Waals surface area contributed by atoms with Crippen molar-refractivity contribution in [3.8, 4) is 0 Å². The van der Waals surface area contributed by atoms with Crippen molar-refractivity contribution >= 4 is 5.91 Å². The lowest BCUT2D eigenvalue weighted by atomic mass is 10.1. The Bertz CT molecular complexity index is 306. The molecule has 1 saturated heterocycles. The van der Waals surface area contributed by atoms with Crippen LogP contribution in [-0.2, 0) is 4.79 Å². The molecule has 0 radical (unpaired) electrons. The monoisotopic (exact) mass is 237 g/mol. The van der Waals surface area contributed by atoms with Crippen molar-refractivity contribution in [2.75, 3.05) is 32.7 Å². The summed E-state index contributed by atoms with van der Waals surface area (Å²) in [6.45, 7) is 6.29. The number of amides is 1. The maximum absolute atomic E-state index is 12.1. The van der Waals surface area contributed by atoms with E-state index >= 15 is 0 Å². The number of nitrogens with two attached hydrogens (primary N) is 1. The summed E-state index contributed by atoms with van der Waals surface area (Å²) < 4.78 is 0. The summed E-state index contributed by atoms with van der Waals surface area (Å²) in [5.41, 5.74) is 7.17. The fraction of sp³-hybridized carbons (Fsp3) is 0.769. The normalized spacial score (nSPS) is 23.6. The first kappa shape index (κ1) is 12.6. The lowest BCUT2D eigenvalue weighted by Crippen LogP contribution is -2.46. The van der Waals surface area contributed by atoms with Crippen molar-refractivity contribution in [2.45, 2.75) is 32.2 Å². The van der Waals surface area contributed by atoms with Crippen LogP contribution < -0.4 is 5.73 Å². The van der Waals surface area contributed by atoms with Crippen LogP contribution in [0.15, 0.2) is 11.6 Å². The molecule has 2 aliphatic rings. The average molecular weight is 237 g/mol. The molecule has 0 unspecified atom stereocenters. The first-order chi connectivity index (χ1) is 8.15. The van der Waals surface area contributed by atoms with Gasteiger partial charge in [0, 0.05) is 32.2 Å². The maximum atomic E-state index is 12.1. The zero-order valence-corrected chi connectivity index (χ0v) is 10.7. The fourth-order valence-corrected chi connectivity index (χ4v) is 2.53. The highest BCUT2D eigenvalue weighted by atomic mass is 16.2. The third kappa shape index (κ3) is 3.54. The minimum atomic E-state index is 0.271. The summed E-state index contributed by atoms with van der Waals surface area (Å²) in [6, 6.07) is 0.335. The molecule has 4 nitrogen and oxygen atoms in total. The van der Waals surface area contributed by atoms with Crippen LogP contribution in [0.1, 0.15) is 26.2 Å². The van der Waals surface area contributed by atoms with Gasteiger partial charge in [-0.3, -0.25) is 9.69 Å². The Morgan fingerprint density at radius 3 is 2.76 bits per heavy atom. The predicted molar refractivity (Wildman–Crippen MR) is 68.6 cm³/mol. The smallest absolute Gasteiger partial charge is 0.237 e. The van der Waals surface area contributed by atoms with Gasteiger partial charge in [-0.2, -0.15) is 0 Å². The van der Waals surface area contributed by atoms with Crippen LogP contribution >= 0.6 is 0 Å². The van der Waals surface area contributed by atoms with Gasteiger partial charge in [0.1, 0.15) is 0 Å². The Morgan fingerprint density at radius 2 is 2.12 bits per heavy atom. The van der Waals surface area contributed by atoms with Crippen molar-refractivity contribution in [1.82, 2.24) is 9.80 Å². The van der Waals surface area contributed by atoms with Crippen LogP contribution in [0, 0.1) is 0 Å². The number of hydrogen-bond donors (Lipinski definition) is 1. The molecule has 4 heteroatoms. The van der Waals surface area contributed by atoms with E-state index in [1.165, 1.54) is 5.57 Å². The van der Waals surface area contributed by atoms with Gasteiger partial charge in [-0.25, -0.2) is 0 Å². The molecule has 2 heterocycles. The van der Waals surface area contributed by atoms with Gasteiger partial charge in [-0.1, -0.05) is 11.6 Å².